The molecule has 3 nitrogen and oxygen atoms in total. The molecular weight excluding hydrogens is 278 g/mol. The minimum atomic E-state index is 0.340. The van der Waals surface area contributed by atoms with Gasteiger partial charge in [-0.1, -0.05) is 20.3 Å². The summed E-state index contributed by atoms with van der Waals surface area (Å²) in [6.45, 7) is 10.7. The third-order valence-corrected chi connectivity index (χ3v) is 4.49. The quantitative estimate of drug-likeness (QED) is 0.760. The molecule has 2 aromatic rings. The Kier molecular flexibility index (Phi) is 4.63. The average Bonchev–Trinajstić information content (AvgIpc) is 2.74. The molecule has 0 bridgehead atoms. The van der Waals surface area contributed by atoms with Crippen LogP contribution in [0.3, 0.4) is 0 Å². The van der Waals surface area contributed by atoms with Crippen LogP contribution in [0.15, 0.2) is 6.07 Å². The molecular formula is C14H20ClN3S. The topological polar surface area (TPSA) is 29.0 Å². The van der Waals surface area contributed by atoms with E-state index < -0.39 is 0 Å². The van der Waals surface area contributed by atoms with Crippen molar-refractivity contribution < 1.29 is 0 Å². The molecule has 2 heterocycles. The maximum Gasteiger partial charge on any atom is 0.225 e. The first kappa shape index (κ1) is 14.5. The number of anilines is 1. The molecule has 5 heteroatoms. The van der Waals surface area contributed by atoms with Crippen molar-refractivity contribution >= 4 is 39.0 Å². The summed E-state index contributed by atoms with van der Waals surface area (Å²) in [7, 11) is 0. The van der Waals surface area contributed by atoms with Gasteiger partial charge in [0.15, 0.2) is 0 Å². The van der Waals surface area contributed by atoms with Gasteiger partial charge in [-0.2, -0.15) is 4.98 Å². The second-order valence-corrected chi connectivity index (χ2v) is 6.52. The maximum atomic E-state index is 6.06. The Morgan fingerprint density at radius 1 is 1.37 bits per heavy atom. The summed E-state index contributed by atoms with van der Waals surface area (Å²) in [5.74, 6) is 1.62. The number of halogens is 1. The predicted molar refractivity (Wildman–Crippen MR) is 84.5 cm³/mol. The van der Waals surface area contributed by atoms with Crippen molar-refractivity contribution in [3.63, 3.8) is 0 Å². The highest BCUT2D eigenvalue weighted by Gasteiger charge is 2.16. The molecule has 0 saturated heterocycles. The fourth-order valence-corrected chi connectivity index (χ4v) is 3.20. The summed E-state index contributed by atoms with van der Waals surface area (Å²) in [6.07, 6.45) is 1.17. The monoisotopic (exact) mass is 297 g/mol. The molecule has 0 aliphatic rings. The van der Waals surface area contributed by atoms with Gasteiger partial charge in [0.25, 0.3) is 0 Å². The minimum absolute atomic E-state index is 0.340. The largest absolute Gasteiger partial charge is 0.356 e. The molecule has 0 fully saturated rings. The lowest BCUT2D eigenvalue weighted by molar-refractivity contribution is 0.546. The summed E-state index contributed by atoms with van der Waals surface area (Å²) < 4.78 is 0. The van der Waals surface area contributed by atoms with Crippen LogP contribution in [0.25, 0.3) is 10.2 Å². The zero-order valence-electron chi connectivity index (χ0n) is 11.9. The van der Waals surface area contributed by atoms with E-state index >= 15 is 0 Å². The standard InChI is InChI=1S/C14H20ClN3S/c1-5-9(3)8-18(6-2)12-11-7-10(4)19-13(11)17-14(15)16-12/h7,9H,5-6,8H2,1-4H3. The molecule has 0 N–H and O–H groups in total. The molecule has 0 spiro atoms. The van der Waals surface area contributed by atoms with E-state index in [0.717, 1.165) is 29.1 Å². The van der Waals surface area contributed by atoms with Gasteiger partial charge >= 0.3 is 0 Å². The summed E-state index contributed by atoms with van der Waals surface area (Å²) in [5, 5.41) is 1.46. The first-order valence-corrected chi connectivity index (χ1v) is 7.93. The van der Waals surface area contributed by atoms with Crippen molar-refractivity contribution in [1.29, 1.82) is 0 Å². The molecule has 2 rings (SSSR count). The summed E-state index contributed by atoms with van der Waals surface area (Å²) in [4.78, 5) is 13.3. The fraction of sp³-hybridized carbons (Fsp3) is 0.571. The van der Waals surface area contributed by atoms with Gasteiger partial charge in [0.2, 0.25) is 5.28 Å². The molecule has 1 unspecified atom stereocenters. The minimum Gasteiger partial charge on any atom is -0.356 e. The summed E-state index contributed by atoms with van der Waals surface area (Å²) in [6, 6.07) is 2.16. The van der Waals surface area contributed by atoms with E-state index in [1.165, 1.54) is 11.3 Å². The van der Waals surface area contributed by atoms with Crippen molar-refractivity contribution in [2.45, 2.75) is 34.1 Å². The zero-order chi connectivity index (χ0) is 14.0. The van der Waals surface area contributed by atoms with Crippen LogP contribution in [0.2, 0.25) is 5.28 Å². The molecule has 0 aliphatic heterocycles. The van der Waals surface area contributed by atoms with E-state index in [0.29, 0.717) is 11.2 Å². The molecule has 0 aromatic carbocycles. The summed E-state index contributed by atoms with van der Waals surface area (Å²) in [5.41, 5.74) is 0. The van der Waals surface area contributed by atoms with Crippen LogP contribution in [0.4, 0.5) is 5.82 Å². The van der Waals surface area contributed by atoms with Crippen molar-refractivity contribution in [1.82, 2.24) is 9.97 Å². The Balaban J connectivity index is 2.46. The Bertz CT molecular complexity index is 567. The molecule has 104 valence electrons. The van der Waals surface area contributed by atoms with Crippen molar-refractivity contribution in [3.8, 4) is 0 Å². The average molecular weight is 298 g/mol. The van der Waals surface area contributed by atoms with Gasteiger partial charge in [-0.3, -0.25) is 0 Å². The third kappa shape index (κ3) is 3.18. The van der Waals surface area contributed by atoms with E-state index in [4.69, 9.17) is 11.6 Å². The molecule has 2 aromatic heterocycles. The van der Waals surface area contributed by atoms with Crippen LogP contribution < -0.4 is 4.90 Å². The molecule has 0 radical (unpaired) electrons. The van der Waals surface area contributed by atoms with E-state index in [1.54, 1.807) is 11.3 Å². The predicted octanol–water partition coefficient (Wildman–Crippen LogP) is 4.53. The van der Waals surface area contributed by atoms with E-state index in [2.05, 4.69) is 48.6 Å². The van der Waals surface area contributed by atoms with E-state index in [9.17, 15) is 0 Å². The van der Waals surface area contributed by atoms with Crippen LogP contribution in [0, 0.1) is 12.8 Å². The number of rotatable bonds is 5. The van der Waals surface area contributed by atoms with Gasteiger partial charge in [0.1, 0.15) is 10.6 Å². The molecule has 0 aliphatic carbocycles. The second kappa shape index (κ2) is 6.06. The van der Waals surface area contributed by atoms with Crippen LogP contribution in [-0.4, -0.2) is 23.1 Å². The normalized spacial score (nSPS) is 12.9. The number of aromatic nitrogens is 2. The number of aryl methyl sites for hydroxylation is 1. The van der Waals surface area contributed by atoms with Crippen molar-refractivity contribution in [3.05, 3.63) is 16.2 Å². The van der Waals surface area contributed by atoms with Gasteiger partial charge in [-0.05, 0) is 37.4 Å². The van der Waals surface area contributed by atoms with Gasteiger partial charge in [-0.25, -0.2) is 4.98 Å². The second-order valence-electron chi connectivity index (χ2n) is 4.94. The SMILES string of the molecule is CCC(C)CN(CC)c1nc(Cl)nc2sc(C)cc12. The van der Waals surface area contributed by atoms with Gasteiger partial charge < -0.3 is 4.90 Å². The first-order chi connectivity index (χ1) is 9.05. The highest BCUT2D eigenvalue weighted by atomic mass is 35.5. The van der Waals surface area contributed by atoms with Crippen LogP contribution in [-0.2, 0) is 0 Å². The lowest BCUT2D eigenvalue weighted by atomic mass is 10.1. The number of nitrogens with zero attached hydrogens (tertiary/aromatic N) is 3. The smallest absolute Gasteiger partial charge is 0.225 e. The number of hydrogen-bond acceptors (Lipinski definition) is 4. The Labute approximate surface area is 123 Å². The van der Waals surface area contributed by atoms with Gasteiger partial charge in [-0.15, -0.1) is 11.3 Å². The Morgan fingerprint density at radius 2 is 2.11 bits per heavy atom. The molecule has 0 saturated carbocycles. The van der Waals surface area contributed by atoms with Crippen LogP contribution in [0.5, 0.6) is 0 Å². The Hall–Kier alpha value is -0.870. The van der Waals surface area contributed by atoms with Crippen molar-refractivity contribution in [2.75, 3.05) is 18.0 Å². The summed E-state index contributed by atoms with van der Waals surface area (Å²) >= 11 is 7.73. The number of fused-ring (bicyclic) bond motifs is 1. The highest BCUT2D eigenvalue weighted by Crippen LogP contribution is 2.32. The molecule has 1 atom stereocenters. The fourth-order valence-electron chi connectivity index (χ4n) is 2.11. The van der Waals surface area contributed by atoms with Crippen LogP contribution >= 0.6 is 22.9 Å². The lowest BCUT2D eigenvalue weighted by Crippen LogP contribution is -2.29. The number of hydrogen-bond donors (Lipinski definition) is 0. The molecule has 0 amide bonds. The highest BCUT2D eigenvalue weighted by molar-refractivity contribution is 7.18. The maximum absolute atomic E-state index is 6.06. The Morgan fingerprint density at radius 3 is 2.74 bits per heavy atom. The zero-order valence-corrected chi connectivity index (χ0v) is 13.5. The van der Waals surface area contributed by atoms with Crippen molar-refractivity contribution in [2.24, 2.45) is 5.92 Å². The van der Waals surface area contributed by atoms with E-state index in [1.807, 2.05) is 0 Å². The van der Waals surface area contributed by atoms with E-state index in [-0.39, 0.29) is 0 Å². The third-order valence-electron chi connectivity index (χ3n) is 3.38. The lowest BCUT2D eigenvalue weighted by Gasteiger charge is -2.25. The molecule has 19 heavy (non-hydrogen) atoms. The first-order valence-electron chi connectivity index (χ1n) is 6.73. The van der Waals surface area contributed by atoms with Gasteiger partial charge in [0, 0.05) is 18.0 Å². The number of thiophene rings is 1. The van der Waals surface area contributed by atoms with Gasteiger partial charge in [0.05, 0.1) is 5.39 Å². The van der Waals surface area contributed by atoms with Crippen LogP contribution in [0.1, 0.15) is 32.1 Å².